The maximum atomic E-state index is 12.2. The molecular formula is C18H22ClF2N3O. The van der Waals surface area contributed by atoms with Crippen molar-refractivity contribution in [3.05, 3.63) is 59.9 Å². The van der Waals surface area contributed by atoms with Crippen LogP contribution in [0, 0.1) is 0 Å². The molecule has 1 saturated heterocycles. The van der Waals surface area contributed by atoms with E-state index in [0.717, 1.165) is 31.7 Å². The number of hydrogen-bond donors (Lipinski definition) is 1. The third-order valence-electron chi connectivity index (χ3n) is 4.11. The molecular weight excluding hydrogens is 348 g/mol. The lowest BCUT2D eigenvalue weighted by Crippen LogP contribution is -2.45. The number of aromatic nitrogens is 1. The number of rotatable bonds is 6. The average molecular weight is 370 g/mol. The van der Waals surface area contributed by atoms with Gasteiger partial charge in [-0.15, -0.1) is 12.4 Å². The molecule has 1 aliphatic heterocycles. The molecule has 0 aliphatic carbocycles. The number of ether oxygens (including phenoxy) is 1. The summed E-state index contributed by atoms with van der Waals surface area (Å²) in [5.41, 5.74) is 2.33. The molecule has 0 radical (unpaired) electrons. The van der Waals surface area contributed by atoms with Crippen molar-refractivity contribution in [2.45, 2.75) is 19.0 Å². The average Bonchev–Trinajstić information content (AvgIpc) is 2.62. The molecule has 7 heteroatoms. The van der Waals surface area contributed by atoms with Crippen molar-refractivity contribution in [1.29, 1.82) is 0 Å². The Bertz CT molecular complexity index is 628. The van der Waals surface area contributed by atoms with E-state index in [9.17, 15) is 8.78 Å². The predicted molar refractivity (Wildman–Crippen MR) is 95.4 cm³/mol. The third-order valence-corrected chi connectivity index (χ3v) is 4.11. The van der Waals surface area contributed by atoms with E-state index >= 15 is 0 Å². The molecule has 2 aromatic rings. The lowest BCUT2D eigenvalue weighted by atomic mass is 10.0. The molecule has 1 aliphatic rings. The van der Waals surface area contributed by atoms with Crippen LogP contribution in [0.2, 0.25) is 0 Å². The number of nitrogens with zero attached hydrogens (tertiary/aromatic N) is 2. The molecule has 2 heterocycles. The summed E-state index contributed by atoms with van der Waals surface area (Å²) in [6.45, 7) is 3.02. The molecule has 0 amide bonds. The summed E-state index contributed by atoms with van der Waals surface area (Å²) in [4.78, 5) is 6.62. The van der Waals surface area contributed by atoms with Crippen molar-refractivity contribution in [2.75, 3.05) is 26.2 Å². The maximum absolute atomic E-state index is 12.2. The number of halogens is 3. The monoisotopic (exact) mass is 369 g/mol. The van der Waals surface area contributed by atoms with Crippen LogP contribution in [0.5, 0.6) is 5.75 Å². The molecule has 25 heavy (non-hydrogen) atoms. The van der Waals surface area contributed by atoms with E-state index in [4.69, 9.17) is 4.74 Å². The highest BCUT2D eigenvalue weighted by Gasteiger charge is 2.23. The van der Waals surface area contributed by atoms with Crippen LogP contribution in [0.15, 0.2) is 48.8 Å². The molecule has 1 atom stereocenters. The van der Waals surface area contributed by atoms with E-state index in [2.05, 4.69) is 21.3 Å². The summed E-state index contributed by atoms with van der Waals surface area (Å²) >= 11 is 0. The standard InChI is InChI=1S/C18H21F2N3O.ClH/c19-18(20)13-24-16-5-3-14(4-6-16)12-23-9-8-22-11-17(23)15-2-1-7-21-10-15;/h1-7,10,17-18,22H,8-9,11-13H2;1H. The van der Waals surface area contributed by atoms with Crippen molar-refractivity contribution >= 4 is 12.4 Å². The number of nitrogens with one attached hydrogen (secondary N) is 1. The van der Waals surface area contributed by atoms with Crippen molar-refractivity contribution < 1.29 is 13.5 Å². The fourth-order valence-electron chi connectivity index (χ4n) is 2.92. The van der Waals surface area contributed by atoms with E-state index in [1.807, 2.05) is 24.4 Å². The van der Waals surface area contributed by atoms with Gasteiger partial charge in [0.15, 0.2) is 0 Å². The van der Waals surface area contributed by atoms with Gasteiger partial charge < -0.3 is 10.1 Å². The van der Waals surface area contributed by atoms with Crippen LogP contribution in [0.1, 0.15) is 17.2 Å². The molecule has 1 unspecified atom stereocenters. The van der Waals surface area contributed by atoms with Crippen LogP contribution in [-0.4, -0.2) is 42.6 Å². The van der Waals surface area contributed by atoms with Gasteiger partial charge in [-0.05, 0) is 29.3 Å². The van der Waals surface area contributed by atoms with Crippen molar-refractivity contribution in [3.63, 3.8) is 0 Å². The van der Waals surface area contributed by atoms with Crippen LogP contribution < -0.4 is 10.1 Å². The largest absolute Gasteiger partial charge is 0.488 e. The van der Waals surface area contributed by atoms with Gasteiger partial charge in [0.1, 0.15) is 12.4 Å². The van der Waals surface area contributed by atoms with Gasteiger partial charge in [-0.2, -0.15) is 0 Å². The van der Waals surface area contributed by atoms with Crippen LogP contribution in [0.25, 0.3) is 0 Å². The number of hydrogen-bond acceptors (Lipinski definition) is 4. The molecule has 1 aromatic heterocycles. The smallest absolute Gasteiger partial charge is 0.272 e. The normalized spacial score (nSPS) is 18.0. The highest BCUT2D eigenvalue weighted by atomic mass is 35.5. The second-order valence-electron chi connectivity index (χ2n) is 5.82. The first-order chi connectivity index (χ1) is 11.7. The summed E-state index contributed by atoms with van der Waals surface area (Å²) in [6.07, 6.45) is 1.24. The molecule has 3 rings (SSSR count). The number of alkyl halides is 2. The molecule has 4 nitrogen and oxygen atoms in total. The fourth-order valence-corrected chi connectivity index (χ4v) is 2.92. The van der Waals surface area contributed by atoms with E-state index in [1.165, 1.54) is 5.56 Å². The maximum Gasteiger partial charge on any atom is 0.272 e. The lowest BCUT2D eigenvalue weighted by molar-refractivity contribution is 0.0819. The van der Waals surface area contributed by atoms with E-state index in [1.54, 1.807) is 18.3 Å². The van der Waals surface area contributed by atoms with Gasteiger partial charge in [-0.1, -0.05) is 18.2 Å². The van der Waals surface area contributed by atoms with Gasteiger partial charge in [-0.25, -0.2) is 8.78 Å². The Kier molecular flexibility index (Phi) is 7.55. The zero-order valence-electron chi connectivity index (χ0n) is 13.8. The number of piperazine rings is 1. The Morgan fingerprint density at radius 3 is 2.72 bits per heavy atom. The van der Waals surface area contributed by atoms with Crippen LogP contribution in [-0.2, 0) is 6.54 Å². The summed E-state index contributed by atoms with van der Waals surface area (Å²) in [6, 6.07) is 11.7. The number of pyridine rings is 1. The van der Waals surface area contributed by atoms with E-state index in [-0.39, 0.29) is 18.4 Å². The highest BCUT2D eigenvalue weighted by molar-refractivity contribution is 5.85. The molecule has 1 aromatic carbocycles. The second-order valence-corrected chi connectivity index (χ2v) is 5.82. The third kappa shape index (κ3) is 5.63. The quantitative estimate of drug-likeness (QED) is 0.847. The first-order valence-electron chi connectivity index (χ1n) is 8.07. The molecule has 0 spiro atoms. The first kappa shape index (κ1) is 19.6. The van der Waals surface area contributed by atoms with Crippen LogP contribution >= 0.6 is 12.4 Å². The minimum absolute atomic E-state index is 0. The topological polar surface area (TPSA) is 37.4 Å². The van der Waals surface area contributed by atoms with Gasteiger partial charge in [-0.3, -0.25) is 9.88 Å². The van der Waals surface area contributed by atoms with Crippen LogP contribution in [0.4, 0.5) is 8.78 Å². The van der Waals surface area contributed by atoms with Gasteiger partial charge in [0.25, 0.3) is 6.43 Å². The lowest BCUT2D eigenvalue weighted by Gasteiger charge is -2.36. The summed E-state index contributed by atoms with van der Waals surface area (Å²) in [7, 11) is 0. The predicted octanol–water partition coefficient (Wildman–Crippen LogP) is 3.29. The van der Waals surface area contributed by atoms with Gasteiger partial charge in [0.2, 0.25) is 0 Å². The van der Waals surface area contributed by atoms with Crippen LogP contribution in [0.3, 0.4) is 0 Å². The Balaban J connectivity index is 0.00000225. The highest BCUT2D eigenvalue weighted by Crippen LogP contribution is 2.24. The van der Waals surface area contributed by atoms with Crippen molar-refractivity contribution in [2.24, 2.45) is 0 Å². The van der Waals surface area contributed by atoms with Gasteiger partial charge in [0.05, 0.1) is 0 Å². The van der Waals surface area contributed by atoms with Gasteiger partial charge >= 0.3 is 0 Å². The Morgan fingerprint density at radius 2 is 2.04 bits per heavy atom. The number of benzene rings is 1. The molecule has 0 saturated carbocycles. The molecule has 1 fully saturated rings. The SMILES string of the molecule is Cl.FC(F)COc1ccc(CN2CCNCC2c2cccnc2)cc1. The Morgan fingerprint density at radius 1 is 1.24 bits per heavy atom. The van der Waals surface area contributed by atoms with E-state index < -0.39 is 13.0 Å². The minimum atomic E-state index is -2.45. The van der Waals surface area contributed by atoms with Crippen molar-refractivity contribution in [3.8, 4) is 5.75 Å². The summed E-state index contributed by atoms with van der Waals surface area (Å²) in [5, 5.41) is 3.43. The molecule has 1 N–H and O–H groups in total. The zero-order valence-corrected chi connectivity index (χ0v) is 14.6. The zero-order chi connectivity index (χ0) is 16.8. The fraction of sp³-hybridized carbons (Fsp3) is 0.389. The second kappa shape index (κ2) is 9.65. The summed E-state index contributed by atoms with van der Waals surface area (Å²) < 4.78 is 29.4. The Hall–Kier alpha value is -1.76. The Labute approximate surface area is 152 Å². The van der Waals surface area contributed by atoms with E-state index in [0.29, 0.717) is 5.75 Å². The molecule has 0 bridgehead atoms. The first-order valence-corrected chi connectivity index (χ1v) is 8.07. The van der Waals surface area contributed by atoms with Gasteiger partial charge in [0, 0.05) is 44.6 Å². The summed E-state index contributed by atoms with van der Waals surface area (Å²) in [5.74, 6) is 0.475. The van der Waals surface area contributed by atoms with Crippen molar-refractivity contribution in [1.82, 2.24) is 15.2 Å². The molecule has 136 valence electrons. The minimum Gasteiger partial charge on any atom is -0.488 e.